The molecule has 18 nitrogen and oxygen atoms in total. The average molecular weight is 1160 g/mol. The van der Waals surface area contributed by atoms with Crippen molar-refractivity contribution in [3.8, 4) is 22.3 Å². The Balaban J connectivity index is 0.000000276. The van der Waals surface area contributed by atoms with E-state index in [9.17, 15) is 19.8 Å². The van der Waals surface area contributed by atoms with Crippen LogP contribution in [0.1, 0.15) is 75.6 Å². The van der Waals surface area contributed by atoms with E-state index < -0.39 is 53.8 Å². The van der Waals surface area contributed by atoms with E-state index in [1.807, 2.05) is 97.1 Å². The normalized spacial score (nSPS) is 14.0. The molecule has 0 aliphatic heterocycles. The summed E-state index contributed by atoms with van der Waals surface area (Å²) in [5.41, 5.74) is 7.38. The molecule has 0 amide bonds. The van der Waals surface area contributed by atoms with Crippen LogP contribution in [-0.4, -0.2) is 216 Å². The van der Waals surface area contributed by atoms with E-state index in [0.29, 0.717) is 0 Å². The predicted octanol–water partition coefficient (Wildman–Crippen LogP) is 9.48. The Morgan fingerprint density at radius 2 is 0.705 bits per heavy atom. The molecule has 78 heavy (non-hydrogen) atoms. The van der Waals surface area contributed by atoms with Gasteiger partial charge in [0.05, 0.1) is 11.5 Å². The van der Waals surface area contributed by atoms with Gasteiger partial charge in [-0.25, -0.2) is 28.2 Å². The number of nitrogens with zero attached hydrogens (tertiary/aromatic N) is 13. The second kappa shape index (κ2) is 27.4. The van der Waals surface area contributed by atoms with E-state index in [2.05, 4.69) is 234 Å². The average Bonchev–Trinajstić information content (AvgIpc) is 3.84. The summed E-state index contributed by atoms with van der Waals surface area (Å²) in [6, 6.07) is 30.6. The van der Waals surface area contributed by atoms with E-state index >= 15 is 0 Å². The summed E-state index contributed by atoms with van der Waals surface area (Å²) in [4.78, 5) is 22.5. The Labute approximate surface area is 471 Å². The Morgan fingerprint density at radius 3 is 0.923 bits per heavy atom. The van der Waals surface area contributed by atoms with Gasteiger partial charge in [0.2, 0.25) is 7.51 Å². The van der Waals surface area contributed by atoms with Gasteiger partial charge in [-0.2, -0.15) is 9.03 Å². The summed E-state index contributed by atoms with van der Waals surface area (Å²) in [7, 11) is 33.8. The van der Waals surface area contributed by atoms with Crippen molar-refractivity contribution < 1.29 is 24.5 Å². The van der Waals surface area contributed by atoms with Crippen molar-refractivity contribution in [1.82, 2.24) is 46.7 Å². The molecule has 6 rings (SSSR count). The largest absolute Gasteiger partial charge is 0.549 e. The topological polar surface area (TPSA) is 161 Å². The summed E-state index contributed by atoms with van der Waals surface area (Å²) < 4.78 is 42.5. The SMILES string of the molecule is CN(C)P(=NC(C)(C)C)(N=P(N(C)C)(N(C)C)N(C)C)N(C)C.CN(C)P(=NP(=[NH+]C(C)(C)C)(N(C)C)N(C)C)(N(C)C)N(C)C.O=C(O)C1c2ccccc2-c2ccccc21.O=C([O-])C1c2ccccc2-c2ccccc21. The number of hydrogen-bond donors (Lipinski definition) is 2. The Kier molecular flexibility index (Phi) is 24.1. The molecular weight excluding hydrogens is 1060 g/mol. The molecule has 0 radical (unpaired) electrons. The molecule has 0 saturated heterocycles. The van der Waals surface area contributed by atoms with Crippen LogP contribution in [0.25, 0.3) is 22.3 Å². The highest BCUT2D eigenvalue weighted by atomic mass is 31.2. The lowest BCUT2D eigenvalue weighted by Crippen LogP contribution is -2.81. The lowest BCUT2D eigenvalue weighted by molar-refractivity contribution is -0.524. The molecule has 0 spiro atoms. The Morgan fingerprint density at radius 1 is 0.436 bits per heavy atom. The smallest absolute Gasteiger partial charge is 0.356 e. The molecule has 2 aliphatic rings. The number of nitrogens with one attached hydrogen (secondary N) is 1. The van der Waals surface area contributed by atoms with Crippen LogP contribution < -0.4 is 9.85 Å². The lowest BCUT2D eigenvalue weighted by atomic mass is 9.97. The highest BCUT2D eigenvalue weighted by Crippen LogP contribution is 2.69. The number of aliphatic carboxylic acids is 2. The highest BCUT2D eigenvalue weighted by Gasteiger charge is 2.42. The maximum atomic E-state index is 11.3. The van der Waals surface area contributed by atoms with Gasteiger partial charge < -0.3 is 15.0 Å². The maximum Gasteiger partial charge on any atom is 0.356 e. The third kappa shape index (κ3) is 15.1. The van der Waals surface area contributed by atoms with Gasteiger partial charge in [-0.15, -0.1) is 0 Å². The highest BCUT2D eigenvalue weighted by molar-refractivity contribution is 7.71. The number of carbonyl (C=O) groups is 2. The van der Waals surface area contributed by atoms with Crippen molar-refractivity contribution in [1.29, 1.82) is 0 Å². The fraction of sp³-hybridized carbons (Fsp3) is 0.536. The number of carboxylic acid groups (broad SMARTS) is 2. The Hall–Kier alpha value is -3.66. The zero-order valence-corrected chi connectivity index (χ0v) is 55.7. The molecule has 0 bridgehead atoms. The Bertz CT molecular complexity index is 2550. The van der Waals surface area contributed by atoms with Crippen LogP contribution in [0.5, 0.6) is 0 Å². The molecule has 0 fully saturated rings. The first-order chi connectivity index (χ1) is 35.8. The van der Waals surface area contributed by atoms with Gasteiger partial charge in [-0.1, -0.05) is 97.1 Å². The van der Waals surface area contributed by atoms with Crippen molar-refractivity contribution in [2.45, 2.75) is 64.5 Å². The van der Waals surface area contributed by atoms with Gasteiger partial charge in [0.25, 0.3) is 0 Å². The summed E-state index contributed by atoms with van der Waals surface area (Å²) in [5, 5.41) is 20.5. The fourth-order valence-corrected chi connectivity index (χ4v) is 27.6. The van der Waals surface area contributed by atoms with E-state index in [0.717, 1.165) is 44.5 Å². The van der Waals surface area contributed by atoms with Gasteiger partial charge in [0, 0.05) is 5.92 Å². The molecule has 0 saturated carbocycles. The lowest BCUT2D eigenvalue weighted by Gasteiger charge is -2.45. The quantitative estimate of drug-likeness (QED) is 0.115. The summed E-state index contributed by atoms with van der Waals surface area (Å²) in [6.07, 6.45) is 0. The van der Waals surface area contributed by atoms with Crippen molar-refractivity contribution >= 4 is 42.0 Å². The second-order valence-electron chi connectivity index (χ2n) is 23.3. The van der Waals surface area contributed by atoms with E-state index in [1.54, 1.807) is 0 Å². The molecule has 0 aromatic heterocycles. The predicted molar refractivity (Wildman–Crippen MR) is 332 cm³/mol. The van der Waals surface area contributed by atoms with Crippen LogP contribution in [0, 0.1) is 0 Å². The van der Waals surface area contributed by atoms with Crippen LogP contribution in [0.3, 0.4) is 0 Å². The number of hydrogen-bond acceptors (Lipinski definition) is 4. The molecule has 4 aromatic carbocycles. The van der Waals surface area contributed by atoms with Crippen molar-refractivity contribution in [2.75, 3.05) is 141 Å². The maximum absolute atomic E-state index is 11.3. The number of carboxylic acids is 2. The van der Waals surface area contributed by atoms with Crippen LogP contribution >= 0.6 is 30.0 Å². The van der Waals surface area contributed by atoms with Gasteiger partial charge in [-0.05, 0) is 227 Å². The standard InChI is InChI=1S/2C14H39N7P2.2C14H10O2/c2*1-14(2,3)15-22(17(4)5,18(6)7)16-23(19(8)9,20(10)11)21(12)13;2*15-14(16)13-11-7-3-1-5-9(11)10-6-2-4-8-12(10)13/h2*1-13H3;2*1-8,13H,(H,15,16). The molecule has 0 unspecified atom stereocenters. The van der Waals surface area contributed by atoms with Gasteiger partial charge >= 0.3 is 13.5 Å². The fourth-order valence-electron chi connectivity index (χ4n) is 10.1. The third-order valence-corrected chi connectivity index (χ3v) is 29.5. The van der Waals surface area contributed by atoms with Gasteiger partial charge in [0.15, 0.2) is 20.6 Å². The van der Waals surface area contributed by atoms with Gasteiger partial charge in [0.1, 0.15) is 5.92 Å². The molecule has 0 atom stereocenters. The van der Waals surface area contributed by atoms with E-state index in [4.69, 9.17) is 13.8 Å². The van der Waals surface area contributed by atoms with Crippen LogP contribution in [0.15, 0.2) is 111 Å². The first-order valence-electron chi connectivity index (χ1n) is 26.0. The monoisotopic (exact) mass is 1150 g/mol. The second-order valence-corrected chi connectivity index (χ2v) is 37.5. The third-order valence-electron chi connectivity index (χ3n) is 13.0. The molecule has 2 N–H and O–H groups in total. The van der Waals surface area contributed by atoms with Crippen molar-refractivity contribution in [2.24, 2.45) is 13.8 Å². The number of benzene rings is 4. The minimum atomic E-state index is -2.20. The van der Waals surface area contributed by atoms with Crippen LogP contribution in [-0.2, 0) is 9.59 Å². The zero-order valence-electron chi connectivity index (χ0n) is 52.2. The van der Waals surface area contributed by atoms with Crippen molar-refractivity contribution in [3.05, 3.63) is 119 Å². The number of carbonyl (C=O) groups excluding carboxylic acids is 1. The number of fused-ring (bicyclic) bond motifs is 6. The van der Waals surface area contributed by atoms with Gasteiger partial charge in [-0.3, -0.25) is 32.8 Å². The zero-order chi connectivity index (χ0) is 59.8. The molecule has 2 aliphatic carbocycles. The first-order valence-corrected chi connectivity index (χ1v) is 32.5. The molecule has 22 heteroatoms. The number of rotatable bonds is 14. The molecule has 0 heterocycles. The van der Waals surface area contributed by atoms with Crippen LogP contribution in [0.2, 0.25) is 0 Å². The first kappa shape index (κ1) is 68.6. The summed E-state index contributed by atoms with van der Waals surface area (Å²) in [5.74, 6) is -2.94. The van der Waals surface area contributed by atoms with Crippen molar-refractivity contribution in [3.63, 3.8) is 0 Å². The van der Waals surface area contributed by atoms with E-state index in [-0.39, 0.29) is 11.1 Å². The summed E-state index contributed by atoms with van der Waals surface area (Å²) >= 11 is 0. The molecule has 4 aromatic rings. The van der Waals surface area contributed by atoms with E-state index in [1.165, 1.54) is 0 Å². The minimum absolute atomic E-state index is 0.0353. The van der Waals surface area contributed by atoms with Crippen LogP contribution in [0.4, 0.5) is 0 Å². The molecular formula is C56H98N14O4P4. The minimum Gasteiger partial charge on any atom is -0.549 e. The summed E-state index contributed by atoms with van der Waals surface area (Å²) in [6.45, 7) is 13.0. The molecule has 436 valence electrons.